The number of alkyl halides is 3. The smallest absolute Gasteiger partial charge is 0.490 e. The number of ether oxygens (including phenoxy) is 2. The van der Waals surface area contributed by atoms with E-state index in [9.17, 15) is 18.0 Å². The van der Waals surface area contributed by atoms with Gasteiger partial charge in [0, 0.05) is 44.6 Å². The Balaban J connectivity index is 0.000000423. The molecule has 3 rings (SSSR count). The van der Waals surface area contributed by atoms with E-state index in [0.29, 0.717) is 12.3 Å². The van der Waals surface area contributed by atoms with Gasteiger partial charge in [0.25, 0.3) is 0 Å². The number of carboxylic acid groups (broad SMARTS) is 1. The molecule has 2 atom stereocenters. The van der Waals surface area contributed by atoms with Crippen LogP contribution in [-0.4, -0.2) is 87.0 Å². The third kappa shape index (κ3) is 6.57. The quantitative estimate of drug-likeness (QED) is 0.748. The summed E-state index contributed by atoms with van der Waals surface area (Å²) in [6, 6.07) is 7.78. The summed E-state index contributed by atoms with van der Waals surface area (Å²) in [4.78, 5) is 26.1. The molecular formula is C21H29F3N2O5. The van der Waals surface area contributed by atoms with Gasteiger partial charge in [0.05, 0.1) is 20.1 Å². The minimum Gasteiger partial charge on any atom is -0.497 e. The second-order valence-electron chi connectivity index (χ2n) is 8.11. The molecule has 174 valence electrons. The number of methoxy groups -OCH3 is 2. The summed E-state index contributed by atoms with van der Waals surface area (Å²) < 4.78 is 42.4. The van der Waals surface area contributed by atoms with Gasteiger partial charge in [0.2, 0.25) is 5.91 Å². The van der Waals surface area contributed by atoms with Gasteiger partial charge in [0.1, 0.15) is 5.75 Å². The van der Waals surface area contributed by atoms with Crippen LogP contribution in [0, 0.1) is 11.3 Å². The predicted molar refractivity (Wildman–Crippen MR) is 107 cm³/mol. The number of nitrogens with zero attached hydrogens (tertiary/aromatic N) is 2. The standard InChI is InChI=1S/C19H28N2O3.C2HF3O2/c1-20-11-16(12-23-2)19(13-20)7-8-21(14-19)18(22)10-15-5-4-6-17(9-15)24-3;3-2(4,5)1(6)7/h4-6,9,16H,7-8,10-14H2,1-3H3;(H,6,7)/t16-,19+;/m0./s1. The average molecular weight is 446 g/mol. The van der Waals surface area contributed by atoms with Crippen LogP contribution in [0.1, 0.15) is 12.0 Å². The van der Waals surface area contributed by atoms with Crippen LogP contribution in [0.5, 0.6) is 5.75 Å². The van der Waals surface area contributed by atoms with Crippen molar-refractivity contribution in [2.45, 2.75) is 19.0 Å². The summed E-state index contributed by atoms with van der Waals surface area (Å²) in [5.41, 5.74) is 1.21. The maximum atomic E-state index is 12.7. The van der Waals surface area contributed by atoms with Crippen LogP contribution < -0.4 is 4.74 Å². The lowest BCUT2D eigenvalue weighted by Gasteiger charge is -2.30. The molecule has 2 aliphatic heterocycles. The summed E-state index contributed by atoms with van der Waals surface area (Å²) in [5, 5.41) is 7.12. The van der Waals surface area contributed by atoms with E-state index in [4.69, 9.17) is 19.4 Å². The Morgan fingerprint density at radius 3 is 2.52 bits per heavy atom. The first-order valence-electron chi connectivity index (χ1n) is 9.89. The molecule has 2 heterocycles. The average Bonchev–Trinajstić information content (AvgIpc) is 3.25. The SMILES string of the molecule is COC[C@@H]1CN(C)C[C@@]12CCN(C(=O)Cc1cccc(OC)c1)C2.O=C(O)C(F)(F)F. The normalized spacial score (nSPS) is 23.5. The number of rotatable bonds is 5. The number of amides is 1. The van der Waals surface area contributed by atoms with Crippen molar-refractivity contribution >= 4 is 11.9 Å². The van der Waals surface area contributed by atoms with E-state index in [1.165, 1.54) is 0 Å². The third-order valence-corrected chi connectivity index (χ3v) is 5.82. The lowest BCUT2D eigenvalue weighted by molar-refractivity contribution is -0.192. The van der Waals surface area contributed by atoms with E-state index < -0.39 is 12.1 Å². The molecule has 1 aromatic rings. The van der Waals surface area contributed by atoms with Crippen LogP contribution >= 0.6 is 0 Å². The molecule has 0 aromatic heterocycles. The second kappa shape index (κ2) is 10.3. The fraction of sp³-hybridized carbons (Fsp3) is 0.619. The number of carboxylic acids is 1. The Morgan fingerprint density at radius 1 is 1.26 bits per heavy atom. The van der Waals surface area contributed by atoms with Gasteiger partial charge in [-0.05, 0) is 31.2 Å². The fourth-order valence-electron chi connectivity index (χ4n) is 4.37. The minimum atomic E-state index is -5.08. The summed E-state index contributed by atoms with van der Waals surface area (Å²) in [6.07, 6.45) is -3.56. The van der Waals surface area contributed by atoms with Gasteiger partial charge in [-0.25, -0.2) is 4.79 Å². The molecule has 1 spiro atoms. The van der Waals surface area contributed by atoms with Gasteiger partial charge in [0.15, 0.2) is 0 Å². The van der Waals surface area contributed by atoms with Crippen molar-refractivity contribution in [2.24, 2.45) is 11.3 Å². The second-order valence-corrected chi connectivity index (χ2v) is 8.11. The highest BCUT2D eigenvalue weighted by molar-refractivity contribution is 5.79. The molecule has 2 aliphatic rings. The maximum absolute atomic E-state index is 12.7. The van der Waals surface area contributed by atoms with E-state index in [-0.39, 0.29) is 11.3 Å². The van der Waals surface area contributed by atoms with Crippen LogP contribution in [0.25, 0.3) is 0 Å². The molecule has 7 nitrogen and oxygen atoms in total. The van der Waals surface area contributed by atoms with E-state index >= 15 is 0 Å². The zero-order valence-electron chi connectivity index (χ0n) is 17.9. The van der Waals surface area contributed by atoms with Crippen LogP contribution in [0.4, 0.5) is 13.2 Å². The minimum absolute atomic E-state index is 0.203. The largest absolute Gasteiger partial charge is 0.497 e. The maximum Gasteiger partial charge on any atom is 0.490 e. The van der Waals surface area contributed by atoms with Crippen molar-refractivity contribution in [1.29, 1.82) is 0 Å². The van der Waals surface area contributed by atoms with E-state index in [1.54, 1.807) is 14.2 Å². The Hall–Kier alpha value is -2.33. The number of benzene rings is 1. The first-order valence-corrected chi connectivity index (χ1v) is 9.89. The molecule has 0 aliphatic carbocycles. The molecule has 1 amide bonds. The van der Waals surface area contributed by atoms with Crippen molar-refractivity contribution in [3.63, 3.8) is 0 Å². The topological polar surface area (TPSA) is 79.3 Å². The number of carbonyl (C=O) groups excluding carboxylic acids is 1. The summed E-state index contributed by atoms with van der Waals surface area (Å²) in [7, 11) is 5.59. The molecular weight excluding hydrogens is 417 g/mol. The highest BCUT2D eigenvalue weighted by atomic mass is 19.4. The lowest BCUT2D eigenvalue weighted by Crippen LogP contribution is -2.38. The van der Waals surface area contributed by atoms with E-state index in [2.05, 4.69) is 11.9 Å². The van der Waals surface area contributed by atoms with Crippen molar-refractivity contribution in [1.82, 2.24) is 9.80 Å². The number of hydrogen-bond donors (Lipinski definition) is 1. The number of carbonyl (C=O) groups is 2. The predicted octanol–water partition coefficient (Wildman–Crippen LogP) is 2.30. The van der Waals surface area contributed by atoms with Crippen LogP contribution in [0.2, 0.25) is 0 Å². The zero-order valence-corrected chi connectivity index (χ0v) is 17.9. The molecule has 0 bridgehead atoms. The van der Waals surface area contributed by atoms with Crippen molar-refractivity contribution in [3.05, 3.63) is 29.8 Å². The number of aliphatic carboxylic acids is 1. The monoisotopic (exact) mass is 446 g/mol. The van der Waals surface area contributed by atoms with Crippen molar-refractivity contribution in [3.8, 4) is 5.75 Å². The van der Waals surface area contributed by atoms with Gasteiger partial charge in [-0.2, -0.15) is 13.2 Å². The molecule has 2 saturated heterocycles. The molecule has 0 unspecified atom stereocenters. The van der Waals surface area contributed by atoms with Crippen molar-refractivity contribution < 1.29 is 37.3 Å². The summed E-state index contributed by atoms with van der Waals surface area (Å²) in [6.45, 7) is 4.61. The molecule has 2 fully saturated rings. The van der Waals surface area contributed by atoms with Crippen molar-refractivity contribution in [2.75, 3.05) is 54.1 Å². The molecule has 10 heteroatoms. The Labute approximate surface area is 179 Å². The fourth-order valence-corrected chi connectivity index (χ4v) is 4.37. The number of likely N-dealkylation sites (tertiary alicyclic amines) is 2. The van der Waals surface area contributed by atoms with E-state index in [1.807, 2.05) is 29.2 Å². The molecule has 1 N–H and O–H groups in total. The van der Waals surface area contributed by atoms with Gasteiger partial charge in [-0.15, -0.1) is 0 Å². The Morgan fingerprint density at radius 2 is 1.94 bits per heavy atom. The molecule has 31 heavy (non-hydrogen) atoms. The van der Waals surface area contributed by atoms with Gasteiger partial charge in [-0.1, -0.05) is 12.1 Å². The zero-order chi connectivity index (χ0) is 23.2. The first-order chi connectivity index (χ1) is 14.5. The van der Waals surface area contributed by atoms with Gasteiger partial charge in [-0.3, -0.25) is 4.79 Å². The van der Waals surface area contributed by atoms with Crippen LogP contribution in [0.3, 0.4) is 0 Å². The molecule has 0 radical (unpaired) electrons. The lowest BCUT2D eigenvalue weighted by atomic mass is 9.77. The van der Waals surface area contributed by atoms with Crippen LogP contribution in [0.15, 0.2) is 24.3 Å². The summed E-state index contributed by atoms with van der Waals surface area (Å²) >= 11 is 0. The van der Waals surface area contributed by atoms with Gasteiger partial charge < -0.3 is 24.4 Å². The Kier molecular flexibility index (Phi) is 8.30. The highest BCUT2D eigenvalue weighted by Crippen LogP contribution is 2.43. The number of hydrogen-bond acceptors (Lipinski definition) is 5. The molecule has 1 aromatic carbocycles. The number of halogens is 3. The van der Waals surface area contributed by atoms with Crippen LogP contribution in [-0.2, 0) is 20.7 Å². The highest BCUT2D eigenvalue weighted by Gasteiger charge is 2.50. The third-order valence-electron chi connectivity index (χ3n) is 5.82. The molecule has 0 saturated carbocycles. The van der Waals surface area contributed by atoms with E-state index in [0.717, 1.165) is 50.5 Å². The van der Waals surface area contributed by atoms with Gasteiger partial charge >= 0.3 is 12.1 Å². The first kappa shape index (κ1) is 24.9. The Bertz CT molecular complexity index is 774. The summed E-state index contributed by atoms with van der Waals surface area (Å²) in [5.74, 6) is -1.23.